The number of fused-ring (bicyclic) bond motifs is 2. The van der Waals surface area contributed by atoms with Gasteiger partial charge in [-0.3, -0.25) is 4.79 Å². The van der Waals surface area contributed by atoms with Gasteiger partial charge in [0.1, 0.15) is 6.61 Å². The van der Waals surface area contributed by atoms with Gasteiger partial charge in [-0.25, -0.2) is 4.79 Å². The largest absolute Gasteiger partial charge is 0.494 e. The fraction of sp³-hybridized carbons (Fsp3) is 0.588. The molecular weight excluding hydrogens is 679 g/mol. The topological polar surface area (TPSA) is 111 Å². The molecule has 10 nitrogen and oxygen atoms in total. The zero-order valence-electron chi connectivity index (χ0n) is 30.2. The summed E-state index contributed by atoms with van der Waals surface area (Å²) in [7, 11) is -1.37. The molecule has 2 aromatic rings. The van der Waals surface area contributed by atoms with E-state index in [4.69, 9.17) is 32.7 Å². The van der Waals surface area contributed by atoms with Crippen LogP contribution in [0.3, 0.4) is 0 Å². The monoisotopic (exact) mass is 725 g/mol. The third-order valence-corrected chi connectivity index (χ3v) is 11.3. The van der Waals surface area contributed by atoms with Crippen molar-refractivity contribution in [3.63, 3.8) is 0 Å². The van der Waals surface area contributed by atoms with Gasteiger partial charge in [0.15, 0.2) is 0 Å². The van der Waals surface area contributed by atoms with Gasteiger partial charge in [-0.05, 0) is 112 Å². The molecule has 1 amide bonds. The Labute approximate surface area is 294 Å². The zero-order chi connectivity index (χ0) is 35.7. The lowest BCUT2D eigenvalue weighted by atomic mass is 9.49. The van der Waals surface area contributed by atoms with Crippen LogP contribution in [0.5, 0.6) is 0 Å². The van der Waals surface area contributed by atoms with Crippen molar-refractivity contribution in [3.8, 4) is 0 Å². The minimum absolute atomic E-state index is 0.0200. The normalized spacial score (nSPS) is 24.6. The molecule has 3 saturated heterocycles. The van der Waals surface area contributed by atoms with E-state index >= 15 is 0 Å². The summed E-state index contributed by atoms with van der Waals surface area (Å²) in [5.41, 5.74) is 2.15. The number of cyclic esters (lactones) is 1. The van der Waals surface area contributed by atoms with Crippen LogP contribution in [0.25, 0.3) is 0 Å². The van der Waals surface area contributed by atoms with Gasteiger partial charge in [0.05, 0.1) is 39.2 Å². The Morgan fingerprint density at radius 1 is 0.604 bits per heavy atom. The van der Waals surface area contributed by atoms with Crippen molar-refractivity contribution in [1.82, 2.24) is 5.32 Å². The lowest BCUT2D eigenvalue weighted by Gasteiger charge is -2.32. The first-order valence-corrected chi connectivity index (χ1v) is 17.2. The van der Waals surface area contributed by atoms with Crippen molar-refractivity contribution in [2.75, 3.05) is 0 Å². The van der Waals surface area contributed by atoms with Crippen LogP contribution in [0.15, 0.2) is 40.9 Å². The second-order valence-corrected chi connectivity index (χ2v) is 16.7. The van der Waals surface area contributed by atoms with Crippen molar-refractivity contribution in [3.05, 3.63) is 63.1 Å². The van der Waals surface area contributed by atoms with Gasteiger partial charge in [-0.2, -0.15) is 0 Å². The molecule has 0 atom stereocenters. The molecule has 1 N–H and O–H groups in total. The van der Waals surface area contributed by atoms with E-state index in [-0.39, 0.29) is 45.5 Å². The maximum Gasteiger partial charge on any atom is 0.494 e. The zero-order valence-corrected chi connectivity index (χ0v) is 31.7. The second kappa shape index (κ2) is 12.5. The van der Waals surface area contributed by atoms with Crippen LogP contribution in [0.1, 0.15) is 115 Å². The highest BCUT2D eigenvalue weighted by molar-refractivity contribution is 9.10. The molecule has 0 radical (unpaired) electrons. The molecule has 5 aliphatic heterocycles. The summed E-state index contributed by atoms with van der Waals surface area (Å²) in [4.78, 5) is 22.7. The van der Waals surface area contributed by atoms with Crippen molar-refractivity contribution in [2.24, 2.45) is 0 Å². The van der Waals surface area contributed by atoms with Gasteiger partial charge in [0.25, 0.3) is 5.91 Å². The lowest BCUT2D eigenvalue weighted by Crippen LogP contribution is -2.41. The molecule has 14 heteroatoms. The smallest absolute Gasteiger partial charge is 0.457 e. The standard InChI is InChI=1S/C14H18BNO3.C12H24B2O4.C8H5BrO2/c1-13(2)14(3,4)19-15(18-13)10-6-5-9-8-16-12(17)11(9)7-10;1-9(2)10(3,4)16-13(15-9)14-17-11(5,6)12(7,8)18-14;9-6-2-1-5-4-11-8(10)7(5)3-6/h5-7H,8H2,1-4H3,(H,16,17);1-8H3;1-3H,4H2. The van der Waals surface area contributed by atoms with Gasteiger partial charge < -0.3 is 38.0 Å². The molecule has 0 aromatic heterocycles. The molecule has 48 heavy (non-hydrogen) atoms. The summed E-state index contributed by atoms with van der Waals surface area (Å²) in [6.45, 7) is 25.3. The van der Waals surface area contributed by atoms with Gasteiger partial charge in [-0.1, -0.05) is 34.1 Å². The van der Waals surface area contributed by atoms with Gasteiger partial charge in [-0.15, -0.1) is 0 Å². The third kappa shape index (κ3) is 7.04. The Morgan fingerprint density at radius 3 is 1.56 bits per heavy atom. The summed E-state index contributed by atoms with van der Waals surface area (Å²) in [6, 6.07) is 11.4. The highest BCUT2D eigenvalue weighted by atomic mass is 79.9. The average molecular weight is 726 g/mol. The molecule has 0 aliphatic carbocycles. The van der Waals surface area contributed by atoms with E-state index in [1.54, 1.807) is 6.07 Å². The number of rotatable bonds is 2. The first-order valence-electron chi connectivity index (χ1n) is 16.4. The molecule has 0 saturated carbocycles. The Balaban J connectivity index is 0.000000146. The number of ether oxygens (including phenoxy) is 1. The second-order valence-electron chi connectivity index (χ2n) is 15.8. The quantitative estimate of drug-likeness (QED) is 0.313. The predicted molar refractivity (Wildman–Crippen MR) is 189 cm³/mol. The van der Waals surface area contributed by atoms with Crippen molar-refractivity contribution in [1.29, 1.82) is 0 Å². The number of amides is 1. The van der Waals surface area contributed by atoms with Crippen molar-refractivity contribution in [2.45, 2.75) is 130 Å². The molecule has 7 rings (SSSR count). The van der Waals surface area contributed by atoms with Crippen LogP contribution in [-0.4, -0.2) is 66.6 Å². The minimum Gasteiger partial charge on any atom is -0.457 e. The predicted octanol–water partition coefficient (Wildman–Crippen LogP) is 5.60. The van der Waals surface area contributed by atoms with Crippen LogP contribution < -0.4 is 10.8 Å². The van der Waals surface area contributed by atoms with Crippen molar-refractivity contribution < 1.29 is 42.3 Å². The number of carbonyl (C=O) groups excluding carboxylic acids is 2. The number of hydrogen-bond acceptors (Lipinski definition) is 9. The molecule has 0 unspecified atom stereocenters. The van der Waals surface area contributed by atoms with Gasteiger partial charge in [0, 0.05) is 22.1 Å². The molecule has 5 heterocycles. The average Bonchev–Trinajstić information content (AvgIpc) is 3.69. The molecule has 5 aliphatic rings. The Hall–Kier alpha value is -2.19. The maximum atomic E-state index is 11.7. The maximum absolute atomic E-state index is 11.7. The Bertz CT molecular complexity index is 1510. The molecule has 258 valence electrons. The number of esters is 1. The molecular formula is C34H47B3BrNO9. The van der Waals surface area contributed by atoms with E-state index in [1.165, 1.54) is 0 Å². The van der Waals surface area contributed by atoms with E-state index in [0.717, 1.165) is 26.6 Å². The number of carbonyl (C=O) groups is 2. The first-order chi connectivity index (χ1) is 22.0. The molecule has 0 spiro atoms. The summed E-state index contributed by atoms with van der Waals surface area (Å²) in [5, 5.41) is 2.81. The van der Waals surface area contributed by atoms with Crippen LogP contribution in [0.4, 0.5) is 0 Å². The van der Waals surface area contributed by atoms with Gasteiger partial charge >= 0.3 is 27.1 Å². The molecule has 3 fully saturated rings. The number of nitrogens with one attached hydrogen (secondary N) is 1. The van der Waals surface area contributed by atoms with E-state index in [1.807, 2.05) is 113 Å². The summed E-state index contributed by atoms with van der Waals surface area (Å²) in [6.07, 6.45) is 0. The summed E-state index contributed by atoms with van der Waals surface area (Å²) < 4.78 is 41.6. The fourth-order valence-corrected chi connectivity index (χ4v) is 5.80. The SMILES string of the molecule is CC1(C)OB(B2OC(C)(C)C(C)(C)O2)OC1(C)C.CC1(C)OB(c2ccc3c(c2)C(=O)NC3)OC1(C)C.O=C1OCc2ccc(Br)cc21. The van der Waals surface area contributed by atoms with E-state index < -0.39 is 21.1 Å². The molecule has 0 bridgehead atoms. The highest BCUT2D eigenvalue weighted by Crippen LogP contribution is 2.43. The van der Waals surface area contributed by atoms with E-state index in [0.29, 0.717) is 18.7 Å². The Morgan fingerprint density at radius 2 is 1.06 bits per heavy atom. The first kappa shape index (κ1) is 37.1. The van der Waals surface area contributed by atoms with E-state index in [9.17, 15) is 9.59 Å². The van der Waals surface area contributed by atoms with Crippen LogP contribution >= 0.6 is 15.9 Å². The Kier molecular flexibility index (Phi) is 9.69. The van der Waals surface area contributed by atoms with Crippen molar-refractivity contribution >= 4 is 54.4 Å². The van der Waals surface area contributed by atoms with E-state index in [2.05, 4.69) is 21.2 Å². The van der Waals surface area contributed by atoms with Crippen LogP contribution in [0.2, 0.25) is 0 Å². The molecule has 2 aromatic carbocycles. The van der Waals surface area contributed by atoms with Gasteiger partial charge in [0.2, 0.25) is 0 Å². The highest BCUT2D eigenvalue weighted by Gasteiger charge is 2.63. The number of halogens is 1. The fourth-order valence-electron chi connectivity index (χ4n) is 5.44. The minimum atomic E-state index is -0.476. The third-order valence-electron chi connectivity index (χ3n) is 10.8. The summed E-state index contributed by atoms with van der Waals surface area (Å²) >= 11 is 3.28. The lowest BCUT2D eigenvalue weighted by molar-refractivity contribution is 0.00578. The summed E-state index contributed by atoms with van der Waals surface area (Å²) in [5.74, 6) is -0.241. The van der Waals surface area contributed by atoms with Crippen LogP contribution in [-0.2, 0) is 45.8 Å². The number of hydrogen-bond donors (Lipinski definition) is 1. The van der Waals surface area contributed by atoms with Crippen LogP contribution in [0, 0.1) is 0 Å². The number of benzene rings is 2.